The predicted molar refractivity (Wildman–Crippen MR) is 90.4 cm³/mol. The number of hydrogen-bond donors (Lipinski definition) is 0. The summed E-state index contributed by atoms with van der Waals surface area (Å²) >= 11 is 1.15. The minimum atomic E-state index is -0.339. The summed E-state index contributed by atoms with van der Waals surface area (Å²) in [5, 5.41) is 4.35. The van der Waals surface area contributed by atoms with E-state index in [0.29, 0.717) is 17.8 Å². The molecule has 4 rings (SSSR count). The maximum absolute atomic E-state index is 13.4. The van der Waals surface area contributed by atoms with Crippen LogP contribution >= 0.6 is 11.7 Å². The third-order valence-electron chi connectivity index (χ3n) is 3.64. The molecule has 0 atom stereocenters. The first-order valence-electron chi connectivity index (χ1n) is 7.24. The second-order valence-electron chi connectivity index (χ2n) is 5.31. The number of rotatable bonds is 3. The van der Waals surface area contributed by atoms with Gasteiger partial charge < -0.3 is 0 Å². The van der Waals surface area contributed by atoms with Crippen LogP contribution in [0.3, 0.4) is 0 Å². The summed E-state index contributed by atoms with van der Waals surface area (Å²) in [4.78, 5) is 12.1. The summed E-state index contributed by atoms with van der Waals surface area (Å²) in [6.07, 6.45) is 0. The zero-order chi connectivity index (χ0) is 16.5. The molecule has 2 aromatic carbocycles. The standard InChI is InChI=1S/C17H11FN4OS/c18-13-3-1-2-12(9-13)14-6-7-17(23)22(19-14)10-11-4-5-15-16(8-11)21-24-20-15/h1-9H,10H2. The number of benzene rings is 2. The lowest BCUT2D eigenvalue weighted by atomic mass is 10.1. The Bertz CT molecular complexity index is 1090. The van der Waals surface area contributed by atoms with Crippen molar-refractivity contribution in [3.8, 4) is 11.3 Å². The number of hydrogen-bond acceptors (Lipinski definition) is 5. The first-order valence-corrected chi connectivity index (χ1v) is 7.97. The van der Waals surface area contributed by atoms with Crippen LogP contribution in [0.4, 0.5) is 4.39 Å². The Kier molecular flexibility index (Phi) is 3.62. The van der Waals surface area contributed by atoms with Gasteiger partial charge in [-0.05, 0) is 35.9 Å². The van der Waals surface area contributed by atoms with Crippen molar-refractivity contribution in [3.63, 3.8) is 0 Å². The van der Waals surface area contributed by atoms with E-state index in [1.807, 2.05) is 18.2 Å². The summed E-state index contributed by atoms with van der Waals surface area (Å²) in [5.41, 5.74) is 3.49. The third kappa shape index (κ3) is 2.81. The maximum atomic E-state index is 13.4. The lowest BCUT2D eigenvalue weighted by Gasteiger charge is -2.07. The molecule has 0 bridgehead atoms. The molecule has 4 aromatic rings. The van der Waals surface area contributed by atoms with Gasteiger partial charge in [0.05, 0.1) is 24.0 Å². The average molecular weight is 338 g/mol. The van der Waals surface area contributed by atoms with Crippen molar-refractivity contribution in [1.29, 1.82) is 0 Å². The number of aromatic nitrogens is 4. The molecule has 0 N–H and O–H groups in total. The van der Waals surface area contributed by atoms with Gasteiger partial charge in [-0.3, -0.25) is 4.79 Å². The minimum absolute atomic E-state index is 0.216. The molecule has 24 heavy (non-hydrogen) atoms. The van der Waals surface area contributed by atoms with Crippen molar-refractivity contribution < 1.29 is 4.39 Å². The number of nitrogens with zero attached hydrogens (tertiary/aromatic N) is 4. The summed E-state index contributed by atoms with van der Waals surface area (Å²) < 4.78 is 23.1. The van der Waals surface area contributed by atoms with Crippen LogP contribution in [0.5, 0.6) is 0 Å². The van der Waals surface area contributed by atoms with Gasteiger partial charge in [0, 0.05) is 11.6 Å². The molecule has 2 aromatic heterocycles. The van der Waals surface area contributed by atoms with Crippen LogP contribution in [-0.4, -0.2) is 18.5 Å². The fourth-order valence-corrected chi connectivity index (χ4v) is 2.98. The van der Waals surface area contributed by atoms with E-state index < -0.39 is 0 Å². The molecule has 5 nitrogen and oxygen atoms in total. The molecule has 0 fully saturated rings. The number of halogens is 1. The van der Waals surface area contributed by atoms with E-state index in [0.717, 1.165) is 28.3 Å². The van der Waals surface area contributed by atoms with E-state index in [1.165, 1.54) is 22.9 Å². The van der Waals surface area contributed by atoms with Crippen molar-refractivity contribution in [2.45, 2.75) is 6.54 Å². The average Bonchev–Trinajstić information content (AvgIpc) is 3.04. The first kappa shape index (κ1) is 14.6. The quantitative estimate of drug-likeness (QED) is 0.576. The topological polar surface area (TPSA) is 60.7 Å². The number of fused-ring (bicyclic) bond motifs is 1. The molecule has 0 aliphatic rings. The Hall–Kier alpha value is -2.93. The van der Waals surface area contributed by atoms with Crippen LogP contribution in [0, 0.1) is 5.82 Å². The lowest BCUT2D eigenvalue weighted by molar-refractivity contribution is 0.626. The molecule has 2 heterocycles. The van der Waals surface area contributed by atoms with E-state index in [1.54, 1.807) is 18.2 Å². The summed E-state index contributed by atoms with van der Waals surface area (Å²) in [6.45, 7) is 0.315. The van der Waals surface area contributed by atoms with Gasteiger partial charge in [0.25, 0.3) is 5.56 Å². The Labute approximate surface area is 140 Å². The van der Waals surface area contributed by atoms with Crippen LogP contribution in [0.2, 0.25) is 0 Å². The Morgan fingerprint density at radius 2 is 1.88 bits per heavy atom. The monoisotopic (exact) mass is 338 g/mol. The smallest absolute Gasteiger partial charge is 0.267 e. The first-order chi connectivity index (χ1) is 11.7. The minimum Gasteiger partial charge on any atom is -0.268 e. The van der Waals surface area contributed by atoms with Crippen molar-refractivity contribution in [2.24, 2.45) is 0 Å². The molecule has 7 heteroatoms. The van der Waals surface area contributed by atoms with Crippen molar-refractivity contribution in [3.05, 3.63) is 76.3 Å². The van der Waals surface area contributed by atoms with Crippen LogP contribution in [-0.2, 0) is 6.54 Å². The largest absolute Gasteiger partial charge is 0.268 e. The van der Waals surface area contributed by atoms with Crippen LogP contribution < -0.4 is 5.56 Å². The van der Waals surface area contributed by atoms with Gasteiger partial charge in [0.2, 0.25) is 0 Å². The van der Waals surface area contributed by atoms with Gasteiger partial charge in [-0.2, -0.15) is 13.8 Å². The highest BCUT2D eigenvalue weighted by molar-refractivity contribution is 7.00. The molecule has 0 unspecified atom stereocenters. The molecule has 0 radical (unpaired) electrons. The summed E-state index contributed by atoms with van der Waals surface area (Å²) in [6, 6.07) is 14.8. The van der Waals surface area contributed by atoms with E-state index in [2.05, 4.69) is 13.8 Å². The molecule has 0 saturated heterocycles. The van der Waals surface area contributed by atoms with Gasteiger partial charge in [-0.15, -0.1) is 0 Å². The van der Waals surface area contributed by atoms with E-state index in [-0.39, 0.29) is 11.4 Å². The zero-order valence-electron chi connectivity index (χ0n) is 12.4. The fourth-order valence-electron chi connectivity index (χ4n) is 2.46. The van der Waals surface area contributed by atoms with E-state index in [9.17, 15) is 9.18 Å². The van der Waals surface area contributed by atoms with Gasteiger partial charge in [-0.1, -0.05) is 18.2 Å². The molecule has 0 saturated carbocycles. The maximum Gasteiger partial charge on any atom is 0.267 e. The molecule has 0 amide bonds. The lowest BCUT2D eigenvalue weighted by Crippen LogP contribution is -2.22. The normalized spacial score (nSPS) is 11.0. The third-order valence-corrected chi connectivity index (χ3v) is 4.19. The van der Waals surface area contributed by atoms with Gasteiger partial charge >= 0.3 is 0 Å². The van der Waals surface area contributed by atoms with Gasteiger partial charge in [0.1, 0.15) is 16.9 Å². The van der Waals surface area contributed by atoms with E-state index >= 15 is 0 Å². The molecule has 0 spiro atoms. The second-order valence-corrected chi connectivity index (χ2v) is 5.84. The predicted octanol–water partition coefficient (Wildman–Crippen LogP) is 3.10. The van der Waals surface area contributed by atoms with Crippen LogP contribution in [0.1, 0.15) is 5.56 Å². The second kappa shape index (κ2) is 5.93. The molecular weight excluding hydrogens is 327 g/mol. The van der Waals surface area contributed by atoms with E-state index in [4.69, 9.17) is 0 Å². The zero-order valence-corrected chi connectivity index (χ0v) is 13.2. The van der Waals surface area contributed by atoms with Crippen LogP contribution in [0.15, 0.2) is 59.4 Å². The fraction of sp³-hybridized carbons (Fsp3) is 0.0588. The molecule has 0 aliphatic carbocycles. The summed E-state index contributed by atoms with van der Waals surface area (Å²) in [7, 11) is 0. The Morgan fingerprint density at radius 1 is 1.00 bits per heavy atom. The summed E-state index contributed by atoms with van der Waals surface area (Å²) in [5.74, 6) is -0.339. The highest BCUT2D eigenvalue weighted by atomic mass is 32.1. The van der Waals surface area contributed by atoms with Crippen molar-refractivity contribution in [1.82, 2.24) is 18.5 Å². The molecular formula is C17H11FN4OS. The highest BCUT2D eigenvalue weighted by Gasteiger charge is 2.07. The Balaban J connectivity index is 1.72. The van der Waals surface area contributed by atoms with Crippen molar-refractivity contribution >= 4 is 22.8 Å². The Morgan fingerprint density at radius 3 is 2.75 bits per heavy atom. The van der Waals surface area contributed by atoms with Gasteiger partial charge in [0.15, 0.2) is 0 Å². The van der Waals surface area contributed by atoms with Gasteiger partial charge in [-0.25, -0.2) is 9.07 Å². The molecule has 0 aliphatic heterocycles. The highest BCUT2D eigenvalue weighted by Crippen LogP contribution is 2.17. The SMILES string of the molecule is O=c1ccc(-c2cccc(F)c2)nn1Cc1ccc2nsnc2c1. The van der Waals surface area contributed by atoms with Crippen LogP contribution in [0.25, 0.3) is 22.3 Å². The van der Waals surface area contributed by atoms with Crippen molar-refractivity contribution in [2.75, 3.05) is 0 Å². The molecule has 118 valence electrons.